The maximum absolute atomic E-state index is 5.41. The molecule has 1 aliphatic rings. The molecular formula is C14H15N3. The predicted molar refractivity (Wildman–Crippen MR) is 70.9 cm³/mol. The van der Waals surface area contributed by atoms with Crippen molar-refractivity contribution in [3.63, 3.8) is 0 Å². The second kappa shape index (κ2) is 3.77. The summed E-state index contributed by atoms with van der Waals surface area (Å²) >= 11 is 0. The standard InChI is InChI=1S/C14H15N3/c15-14(16)17-13-8-12(13)11-7-3-5-9-4-1-2-6-10(9)11/h1-7,12-13H,8H2,(H4,15,16,17)/t12-,13+/m0/s1. The first kappa shape index (κ1) is 10.1. The Hall–Kier alpha value is -2.03. The molecule has 0 aromatic heterocycles. The van der Waals surface area contributed by atoms with Crippen LogP contribution in [0.1, 0.15) is 17.9 Å². The van der Waals surface area contributed by atoms with E-state index in [9.17, 15) is 0 Å². The van der Waals surface area contributed by atoms with Gasteiger partial charge in [0.2, 0.25) is 0 Å². The molecule has 0 bridgehead atoms. The van der Waals surface area contributed by atoms with Gasteiger partial charge in [0.25, 0.3) is 0 Å². The molecule has 0 unspecified atom stereocenters. The lowest BCUT2D eigenvalue weighted by molar-refractivity contribution is 0.988. The number of guanidine groups is 1. The summed E-state index contributed by atoms with van der Waals surface area (Å²) in [6, 6.07) is 15.1. The lowest BCUT2D eigenvalue weighted by Gasteiger charge is -2.04. The summed E-state index contributed by atoms with van der Waals surface area (Å²) in [5.74, 6) is 0.668. The van der Waals surface area contributed by atoms with Crippen LogP contribution in [0.25, 0.3) is 10.8 Å². The molecule has 1 saturated carbocycles. The molecule has 3 heteroatoms. The van der Waals surface area contributed by atoms with Crippen molar-refractivity contribution in [2.45, 2.75) is 18.4 Å². The highest BCUT2D eigenvalue weighted by molar-refractivity contribution is 5.86. The van der Waals surface area contributed by atoms with Crippen molar-refractivity contribution in [2.24, 2.45) is 16.5 Å². The van der Waals surface area contributed by atoms with Crippen molar-refractivity contribution in [2.75, 3.05) is 0 Å². The average Bonchev–Trinajstić information content (AvgIpc) is 3.06. The van der Waals surface area contributed by atoms with Gasteiger partial charge in [0.05, 0.1) is 6.04 Å². The van der Waals surface area contributed by atoms with Crippen molar-refractivity contribution in [1.29, 1.82) is 0 Å². The minimum absolute atomic E-state index is 0.192. The Bertz CT molecular complexity index is 580. The number of benzene rings is 2. The van der Waals surface area contributed by atoms with Gasteiger partial charge in [-0.25, -0.2) is 4.99 Å². The molecule has 3 nitrogen and oxygen atoms in total. The molecule has 4 N–H and O–H groups in total. The molecule has 0 spiro atoms. The molecule has 0 radical (unpaired) electrons. The van der Waals surface area contributed by atoms with E-state index in [2.05, 4.69) is 47.5 Å². The number of fused-ring (bicyclic) bond motifs is 1. The zero-order chi connectivity index (χ0) is 11.8. The van der Waals surface area contributed by atoms with Gasteiger partial charge in [-0.1, -0.05) is 42.5 Å². The summed E-state index contributed by atoms with van der Waals surface area (Å²) in [4.78, 5) is 4.23. The quantitative estimate of drug-likeness (QED) is 0.606. The molecule has 2 atom stereocenters. The molecule has 1 aliphatic carbocycles. The van der Waals surface area contributed by atoms with E-state index in [-0.39, 0.29) is 12.0 Å². The average molecular weight is 225 g/mol. The number of aliphatic imine (C=N–C) groups is 1. The van der Waals surface area contributed by atoms with Gasteiger partial charge in [0.15, 0.2) is 5.96 Å². The fourth-order valence-electron chi connectivity index (χ4n) is 2.42. The molecule has 0 heterocycles. The summed E-state index contributed by atoms with van der Waals surface area (Å²) in [7, 11) is 0. The van der Waals surface area contributed by atoms with Crippen LogP contribution in [0.3, 0.4) is 0 Å². The highest BCUT2D eigenvalue weighted by atomic mass is 15.0. The summed E-state index contributed by atoms with van der Waals surface area (Å²) in [5, 5.41) is 2.59. The van der Waals surface area contributed by atoms with E-state index in [1.165, 1.54) is 16.3 Å². The van der Waals surface area contributed by atoms with E-state index < -0.39 is 0 Å². The number of hydrogen-bond donors (Lipinski definition) is 2. The van der Waals surface area contributed by atoms with Crippen LogP contribution in [0.5, 0.6) is 0 Å². The van der Waals surface area contributed by atoms with Crippen LogP contribution in [0.15, 0.2) is 47.5 Å². The SMILES string of the molecule is NC(N)=N[C@@H]1C[C@H]1c1cccc2ccccc12. The first-order chi connectivity index (χ1) is 8.25. The Morgan fingerprint density at radius 2 is 1.82 bits per heavy atom. The summed E-state index contributed by atoms with van der Waals surface area (Å²) in [6.07, 6.45) is 1.05. The van der Waals surface area contributed by atoms with Gasteiger partial charge in [0.1, 0.15) is 0 Å². The van der Waals surface area contributed by atoms with E-state index in [0.29, 0.717) is 5.92 Å². The van der Waals surface area contributed by atoms with E-state index in [1.807, 2.05) is 0 Å². The first-order valence-corrected chi connectivity index (χ1v) is 5.82. The highest BCUT2D eigenvalue weighted by Gasteiger charge is 2.39. The zero-order valence-corrected chi connectivity index (χ0v) is 9.51. The predicted octanol–water partition coefficient (Wildman–Crippen LogP) is 1.97. The zero-order valence-electron chi connectivity index (χ0n) is 9.51. The fraction of sp³-hybridized carbons (Fsp3) is 0.214. The van der Waals surface area contributed by atoms with Crippen molar-refractivity contribution >= 4 is 16.7 Å². The van der Waals surface area contributed by atoms with Gasteiger partial charge in [-0.3, -0.25) is 0 Å². The Morgan fingerprint density at radius 1 is 1.06 bits per heavy atom. The molecule has 1 fully saturated rings. The Balaban J connectivity index is 2.00. The lowest BCUT2D eigenvalue weighted by atomic mass is 10.0. The summed E-state index contributed by atoms with van der Waals surface area (Å²) in [6.45, 7) is 0. The monoisotopic (exact) mass is 225 g/mol. The Morgan fingerprint density at radius 3 is 2.65 bits per heavy atom. The van der Waals surface area contributed by atoms with Crippen molar-refractivity contribution in [3.05, 3.63) is 48.0 Å². The molecule has 17 heavy (non-hydrogen) atoms. The number of nitrogens with zero attached hydrogens (tertiary/aromatic N) is 1. The number of rotatable bonds is 2. The van der Waals surface area contributed by atoms with Crippen LogP contribution in [-0.2, 0) is 0 Å². The van der Waals surface area contributed by atoms with Gasteiger partial charge in [-0.15, -0.1) is 0 Å². The second-order valence-electron chi connectivity index (χ2n) is 4.53. The minimum Gasteiger partial charge on any atom is -0.370 e. The van der Waals surface area contributed by atoms with Gasteiger partial charge in [0, 0.05) is 5.92 Å². The third-order valence-electron chi connectivity index (χ3n) is 3.29. The van der Waals surface area contributed by atoms with Crippen LogP contribution in [0, 0.1) is 0 Å². The van der Waals surface area contributed by atoms with Crippen LogP contribution in [0.2, 0.25) is 0 Å². The van der Waals surface area contributed by atoms with Crippen molar-refractivity contribution in [1.82, 2.24) is 0 Å². The molecule has 2 aromatic rings. The third kappa shape index (κ3) is 1.84. The number of hydrogen-bond acceptors (Lipinski definition) is 1. The van der Waals surface area contributed by atoms with Gasteiger partial charge in [-0.05, 0) is 22.8 Å². The maximum Gasteiger partial charge on any atom is 0.186 e. The maximum atomic E-state index is 5.41. The topological polar surface area (TPSA) is 64.4 Å². The summed E-state index contributed by atoms with van der Waals surface area (Å²) < 4.78 is 0. The molecule has 0 amide bonds. The van der Waals surface area contributed by atoms with E-state index in [4.69, 9.17) is 11.5 Å². The molecular weight excluding hydrogens is 210 g/mol. The Labute approximate surface area is 100 Å². The third-order valence-corrected chi connectivity index (χ3v) is 3.29. The van der Waals surface area contributed by atoms with Crippen LogP contribution in [0.4, 0.5) is 0 Å². The van der Waals surface area contributed by atoms with Crippen LogP contribution >= 0.6 is 0 Å². The van der Waals surface area contributed by atoms with E-state index >= 15 is 0 Å². The van der Waals surface area contributed by atoms with Gasteiger partial charge >= 0.3 is 0 Å². The molecule has 0 saturated heterocycles. The molecule has 86 valence electrons. The second-order valence-corrected chi connectivity index (χ2v) is 4.53. The molecule has 0 aliphatic heterocycles. The van der Waals surface area contributed by atoms with Crippen molar-refractivity contribution in [3.8, 4) is 0 Å². The number of nitrogens with two attached hydrogens (primary N) is 2. The molecule has 2 aromatic carbocycles. The highest BCUT2D eigenvalue weighted by Crippen LogP contribution is 2.45. The normalized spacial score (nSPS) is 22.4. The first-order valence-electron chi connectivity index (χ1n) is 5.82. The van der Waals surface area contributed by atoms with Crippen molar-refractivity contribution < 1.29 is 0 Å². The van der Waals surface area contributed by atoms with E-state index in [1.54, 1.807) is 0 Å². The van der Waals surface area contributed by atoms with Gasteiger partial charge in [-0.2, -0.15) is 0 Å². The summed E-state index contributed by atoms with van der Waals surface area (Å²) in [5.41, 5.74) is 12.2. The van der Waals surface area contributed by atoms with Crippen LogP contribution in [-0.4, -0.2) is 12.0 Å². The smallest absolute Gasteiger partial charge is 0.186 e. The largest absolute Gasteiger partial charge is 0.370 e. The Kier molecular flexibility index (Phi) is 2.25. The van der Waals surface area contributed by atoms with E-state index in [0.717, 1.165) is 6.42 Å². The molecule has 3 rings (SSSR count). The van der Waals surface area contributed by atoms with Gasteiger partial charge < -0.3 is 11.5 Å². The minimum atomic E-state index is 0.192. The van der Waals surface area contributed by atoms with Crippen LogP contribution < -0.4 is 11.5 Å². The fourth-order valence-corrected chi connectivity index (χ4v) is 2.42. The lowest BCUT2D eigenvalue weighted by Crippen LogP contribution is -2.23.